The van der Waals surface area contributed by atoms with Crippen LogP contribution in [0.3, 0.4) is 0 Å². The molecule has 0 bridgehead atoms. The summed E-state index contributed by atoms with van der Waals surface area (Å²) in [6.45, 7) is 6.95. The molecule has 0 saturated carbocycles. The monoisotopic (exact) mass is 465 g/mol. The smallest absolute Gasteiger partial charge is 0.191 e. The molecule has 1 aliphatic rings. The summed E-state index contributed by atoms with van der Waals surface area (Å²) in [5, 5.41) is 6.54. The van der Waals surface area contributed by atoms with Crippen LogP contribution in [0, 0.1) is 5.82 Å². The van der Waals surface area contributed by atoms with E-state index in [1.54, 1.807) is 12.1 Å². The van der Waals surface area contributed by atoms with E-state index in [1.165, 1.54) is 12.1 Å². The molecule has 1 aromatic carbocycles. The first-order chi connectivity index (χ1) is 11.7. The molecule has 1 aromatic rings. The molecule has 1 fully saturated rings. The number of aliphatic imine (C=N–C) groups is 1. The van der Waals surface area contributed by atoms with Crippen molar-refractivity contribution < 1.29 is 13.9 Å². The number of halogens is 2. The van der Waals surface area contributed by atoms with Crippen LogP contribution >= 0.6 is 24.0 Å². The molecule has 2 unspecified atom stereocenters. The molecule has 2 rings (SSSR count). The van der Waals surface area contributed by atoms with Crippen LogP contribution in [0.2, 0.25) is 0 Å². The number of hydrogen-bond donors (Lipinski definition) is 2. The molecule has 1 heterocycles. The molecule has 0 spiro atoms. The fraction of sp³-hybridized carbons (Fsp3) is 0.611. The van der Waals surface area contributed by atoms with Gasteiger partial charge in [-0.1, -0.05) is 6.07 Å². The molecule has 2 N–H and O–H groups in total. The quantitative estimate of drug-likeness (QED) is 0.352. The van der Waals surface area contributed by atoms with Gasteiger partial charge in [-0.15, -0.1) is 24.0 Å². The number of hydrogen-bond acceptors (Lipinski definition) is 3. The van der Waals surface area contributed by atoms with Crippen molar-refractivity contribution in [3.8, 4) is 5.75 Å². The maximum absolute atomic E-state index is 13.2. The van der Waals surface area contributed by atoms with Crippen LogP contribution < -0.4 is 15.4 Å². The van der Waals surface area contributed by atoms with E-state index in [4.69, 9.17) is 9.47 Å². The fourth-order valence-corrected chi connectivity index (χ4v) is 2.60. The predicted octanol–water partition coefficient (Wildman–Crippen LogP) is 3.34. The van der Waals surface area contributed by atoms with E-state index in [9.17, 15) is 4.39 Å². The van der Waals surface area contributed by atoms with Gasteiger partial charge in [-0.25, -0.2) is 9.38 Å². The summed E-state index contributed by atoms with van der Waals surface area (Å²) in [5.41, 5.74) is 0. The van der Waals surface area contributed by atoms with Crippen LogP contribution in [-0.2, 0) is 4.74 Å². The van der Waals surface area contributed by atoms with Crippen LogP contribution in [-0.4, -0.2) is 44.4 Å². The summed E-state index contributed by atoms with van der Waals surface area (Å²) >= 11 is 0. The maximum Gasteiger partial charge on any atom is 0.191 e. The van der Waals surface area contributed by atoms with Crippen LogP contribution in [0.15, 0.2) is 29.3 Å². The molecule has 0 amide bonds. The first kappa shape index (κ1) is 22.0. The Labute approximate surface area is 166 Å². The van der Waals surface area contributed by atoms with Crippen LogP contribution in [0.5, 0.6) is 5.75 Å². The van der Waals surface area contributed by atoms with Gasteiger partial charge in [0.1, 0.15) is 17.7 Å². The highest BCUT2D eigenvalue weighted by molar-refractivity contribution is 14.0. The Morgan fingerprint density at radius 2 is 2.28 bits per heavy atom. The number of guanidine groups is 1. The Hall–Kier alpha value is -1.09. The van der Waals surface area contributed by atoms with E-state index in [0.29, 0.717) is 18.4 Å². The Morgan fingerprint density at radius 3 is 2.96 bits per heavy atom. The summed E-state index contributed by atoms with van der Waals surface area (Å²) < 4.78 is 24.5. The topological polar surface area (TPSA) is 54.9 Å². The Bertz CT molecular complexity index is 525. The molecular formula is C18H29FIN3O2. The second-order valence-electron chi connectivity index (χ2n) is 5.96. The Balaban J connectivity index is 0.00000312. The van der Waals surface area contributed by atoms with Crippen LogP contribution in [0.4, 0.5) is 4.39 Å². The van der Waals surface area contributed by atoms with Crippen LogP contribution in [0.25, 0.3) is 0 Å². The predicted molar refractivity (Wildman–Crippen MR) is 109 cm³/mol. The van der Waals surface area contributed by atoms with Gasteiger partial charge in [0.25, 0.3) is 0 Å². The van der Waals surface area contributed by atoms with E-state index in [0.717, 1.165) is 44.9 Å². The van der Waals surface area contributed by atoms with Gasteiger partial charge in [0.15, 0.2) is 5.96 Å². The van der Waals surface area contributed by atoms with Gasteiger partial charge in [0.05, 0.1) is 12.6 Å². The third-order valence-electron chi connectivity index (χ3n) is 3.77. The minimum absolute atomic E-state index is 0. The zero-order valence-corrected chi connectivity index (χ0v) is 17.3. The van der Waals surface area contributed by atoms with Crippen molar-refractivity contribution in [3.63, 3.8) is 0 Å². The maximum atomic E-state index is 13.2. The standard InChI is InChI=1S/C18H28FN3O2.HI/c1-3-20-18(21-10-9-16-8-5-11-23-16)22-13-14(2)24-17-7-4-6-15(19)12-17;/h4,6-7,12,14,16H,3,5,8-11,13H2,1-2H3,(H2,20,21,22);1H. The molecule has 142 valence electrons. The van der Waals surface area contributed by atoms with Crippen molar-refractivity contribution in [2.24, 2.45) is 4.99 Å². The zero-order valence-electron chi connectivity index (χ0n) is 15.0. The average Bonchev–Trinajstić information content (AvgIpc) is 3.06. The van der Waals surface area contributed by atoms with E-state index < -0.39 is 0 Å². The van der Waals surface area contributed by atoms with E-state index in [2.05, 4.69) is 15.6 Å². The molecule has 0 radical (unpaired) electrons. The third-order valence-corrected chi connectivity index (χ3v) is 3.77. The molecule has 1 aliphatic heterocycles. The molecular weight excluding hydrogens is 436 g/mol. The van der Waals surface area contributed by atoms with Crippen LogP contribution in [0.1, 0.15) is 33.1 Å². The van der Waals surface area contributed by atoms with Gasteiger partial charge in [0.2, 0.25) is 0 Å². The Kier molecular flexibility index (Phi) is 10.8. The van der Waals surface area contributed by atoms with Crippen molar-refractivity contribution in [1.29, 1.82) is 0 Å². The minimum Gasteiger partial charge on any atom is -0.489 e. The van der Waals surface area contributed by atoms with E-state index >= 15 is 0 Å². The van der Waals surface area contributed by atoms with Gasteiger partial charge in [0, 0.05) is 25.8 Å². The minimum atomic E-state index is -0.299. The number of benzene rings is 1. The van der Waals surface area contributed by atoms with E-state index in [1.807, 2.05) is 13.8 Å². The molecule has 7 heteroatoms. The third kappa shape index (κ3) is 8.71. The lowest BCUT2D eigenvalue weighted by molar-refractivity contribution is 0.105. The van der Waals surface area contributed by atoms with Gasteiger partial charge in [-0.2, -0.15) is 0 Å². The van der Waals surface area contributed by atoms with Crippen molar-refractivity contribution in [3.05, 3.63) is 30.1 Å². The first-order valence-electron chi connectivity index (χ1n) is 8.73. The lowest BCUT2D eigenvalue weighted by Gasteiger charge is -2.16. The van der Waals surface area contributed by atoms with Gasteiger partial charge in [-0.05, 0) is 45.2 Å². The number of rotatable bonds is 8. The highest BCUT2D eigenvalue weighted by Crippen LogP contribution is 2.15. The van der Waals surface area contributed by atoms with Crippen molar-refractivity contribution in [2.75, 3.05) is 26.2 Å². The van der Waals surface area contributed by atoms with Crippen molar-refractivity contribution in [2.45, 2.75) is 45.3 Å². The molecule has 2 atom stereocenters. The number of nitrogens with zero attached hydrogens (tertiary/aromatic N) is 1. The number of ether oxygens (including phenoxy) is 2. The number of nitrogens with one attached hydrogen (secondary N) is 2. The molecule has 0 aromatic heterocycles. The van der Waals surface area contributed by atoms with Gasteiger partial charge in [-0.3, -0.25) is 0 Å². The van der Waals surface area contributed by atoms with E-state index in [-0.39, 0.29) is 35.9 Å². The summed E-state index contributed by atoms with van der Waals surface area (Å²) in [7, 11) is 0. The molecule has 25 heavy (non-hydrogen) atoms. The SMILES string of the molecule is CCNC(=NCC(C)Oc1cccc(F)c1)NCCC1CCCO1.I. The summed E-state index contributed by atoms with van der Waals surface area (Å²) in [5.74, 6) is 0.992. The molecule has 0 aliphatic carbocycles. The normalized spacial score (nSPS) is 18.4. The zero-order chi connectivity index (χ0) is 17.2. The fourth-order valence-electron chi connectivity index (χ4n) is 2.60. The van der Waals surface area contributed by atoms with Crippen molar-refractivity contribution >= 4 is 29.9 Å². The average molecular weight is 465 g/mol. The summed E-state index contributed by atoms with van der Waals surface area (Å²) in [6.07, 6.45) is 3.53. The lowest BCUT2D eigenvalue weighted by Crippen LogP contribution is -2.39. The van der Waals surface area contributed by atoms with Crippen molar-refractivity contribution in [1.82, 2.24) is 10.6 Å². The second kappa shape index (κ2) is 12.3. The molecule has 5 nitrogen and oxygen atoms in total. The van der Waals surface area contributed by atoms with Gasteiger partial charge < -0.3 is 20.1 Å². The second-order valence-corrected chi connectivity index (χ2v) is 5.96. The largest absolute Gasteiger partial charge is 0.489 e. The molecule has 1 saturated heterocycles. The van der Waals surface area contributed by atoms with Gasteiger partial charge >= 0.3 is 0 Å². The highest BCUT2D eigenvalue weighted by Gasteiger charge is 2.14. The highest BCUT2D eigenvalue weighted by atomic mass is 127. The summed E-state index contributed by atoms with van der Waals surface area (Å²) in [6, 6.07) is 6.16. The lowest BCUT2D eigenvalue weighted by atomic mass is 10.2. The summed E-state index contributed by atoms with van der Waals surface area (Å²) in [4.78, 5) is 4.53. The Morgan fingerprint density at radius 1 is 1.44 bits per heavy atom. The first-order valence-corrected chi connectivity index (χ1v) is 8.73.